The fourth-order valence-electron chi connectivity index (χ4n) is 4.68. The minimum atomic E-state index is -0.519. The summed E-state index contributed by atoms with van der Waals surface area (Å²) in [5, 5.41) is 0. The minimum absolute atomic E-state index is 0.0763. The molecule has 41 heavy (non-hydrogen) atoms. The van der Waals surface area contributed by atoms with E-state index in [9.17, 15) is 9.59 Å². The standard InChI is InChI=1S/C34H42FNO5/c1-4-6-21-41-34(38)24-31(29-19-20-32(30(35)23-29)40-22-13-18-33(37)39-5-2)36(25-27-14-9-7-10-15-27)26(3)28-16-11-8-12-17-28/h7-12,14-17,19-20,23,26,31H,4-6,13,18,21-22,24-25H2,1-3H3/t26-,31+/m1/s1. The van der Waals surface area contributed by atoms with E-state index < -0.39 is 11.9 Å². The average molecular weight is 564 g/mol. The number of rotatable bonds is 17. The van der Waals surface area contributed by atoms with Crippen LogP contribution in [-0.2, 0) is 25.6 Å². The monoisotopic (exact) mass is 563 g/mol. The van der Waals surface area contributed by atoms with Crippen LogP contribution in [0.4, 0.5) is 4.39 Å². The Bertz CT molecular complexity index is 1200. The molecule has 0 aliphatic rings. The van der Waals surface area contributed by atoms with Crippen molar-refractivity contribution in [3.8, 4) is 5.75 Å². The molecule has 0 amide bonds. The average Bonchev–Trinajstić information content (AvgIpc) is 2.98. The SMILES string of the molecule is CCCCOC(=O)C[C@@H](c1ccc(OCCCC(=O)OCC)c(F)c1)N(Cc1ccccc1)[C@H](C)c1ccccc1. The largest absolute Gasteiger partial charge is 0.491 e. The summed E-state index contributed by atoms with van der Waals surface area (Å²) in [6, 6.07) is 24.5. The molecule has 0 N–H and O–H groups in total. The number of ether oxygens (including phenoxy) is 3. The summed E-state index contributed by atoms with van der Waals surface area (Å²) in [6.07, 6.45) is 2.43. The summed E-state index contributed by atoms with van der Waals surface area (Å²) in [7, 11) is 0. The summed E-state index contributed by atoms with van der Waals surface area (Å²) in [6.45, 7) is 7.33. The van der Waals surface area contributed by atoms with E-state index in [1.54, 1.807) is 13.0 Å². The van der Waals surface area contributed by atoms with E-state index in [1.807, 2.05) is 49.4 Å². The van der Waals surface area contributed by atoms with Crippen LogP contribution in [0.5, 0.6) is 5.75 Å². The lowest BCUT2D eigenvalue weighted by atomic mass is 9.96. The van der Waals surface area contributed by atoms with E-state index in [2.05, 4.69) is 36.1 Å². The summed E-state index contributed by atoms with van der Waals surface area (Å²) in [5.41, 5.74) is 2.84. The van der Waals surface area contributed by atoms with Gasteiger partial charge < -0.3 is 14.2 Å². The number of nitrogens with zero attached hydrogens (tertiary/aromatic N) is 1. The molecule has 3 aromatic rings. The summed E-state index contributed by atoms with van der Waals surface area (Å²) < 4.78 is 31.5. The quantitative estimate of drug-likeness (QED) is 0.125. The number of benzene rings is 3. The van der Waals surface area contributed by atoms with Gasteiger partial charge in [0.05, 0.1) is 26.2 Å². The number of carbonyl (C=O) groups is 2. The Morgan fingerprint density at radius 2 is 1.54 bits per heavy atom. The molecule has 0 aliphatic heterocycles. The van der Waals surface area contributed by atoms with Crippen LogP contribution in [-0.4, -0.2) is 36.7 Å². The first-order chi connectivity index (χ1) is 19.9. The molecule has 220 valence electrons. The van der Waals surface area contributed by atoms with E-state index in [1.165, 1.54) is 6.07 Å². The first-order valence-corrected chi connectivity index (χ1v) is 14.5. The number of esters is 2. The molecule has 0 fully saturated rings. The lowest BCUT2D eigenvalue weighted by Crippen LogP contribution is -2.33. The Hall–Kier alpha value is -3.71. The van der Waals surface area contributed by atoms with Gasteiger partial charge in [-0.15, -0.1) is 0 Å². The molecule has 0 aromatic heterocycles. The van der Waals surface area contributed by atoms with Gasteiger partial charge in [-0.3, -0.25) is 14.5 Å². The van der Waals surface area contributed by atoms with Gasteiger partial charge >= 0.3 is 11.9 Å². The van der Waals surface area contributed by atoms with Gasteiger partial charge in [0.15, 0.2) is 11.6 Å². The van der Waals surface area contributed by atoms with Crippen molar-refractivity contribution in [2.45, 2.75) is 71.5 Å². The summed E-state index contributed by atoms with van der Waals surface area (Å²) >= 11 is 0. The zero-order chi connectivity index (χ0) is 29.5. The highest BCUT2D eigenvalue weighted by Gasteiger charge is 2.30. The van der Waals surface area contributed by atoms with Crippen molar-refractivity contribution in [1.82, 2.24) is 4.90 Å². The molecule has 3 rings (SSSR count). The van der Waals surface area contributed by atoms with Gasteiger partial charge in [0.25, 0.3) is 0 Å². The molecule has 3 aromatic carbocycles. The molecule has 6 nitrogen and oxygen atoms in total. The number of carbonyl (C=O) groups excluding carboxylic acids is 2. The fraction of sp³-hybridized carbons (Fsp3) is 0.412. The molecule has 0 radical (unpaired) electrons. The van der Waals surface area contributed by atoms with E-state index in [-0.39, 0.29) is 43.2 Å². The van der Waals surface area contributed by atoms with Crippen LogP contribution in [0.1, 0.15) is 81.6 Å². The number of halogens is 1. The lowest BCUT2D eigenvalue weighted by Gasteiger charge is -2.37. The molecular formula is C34H42FNO5. The highest BCUT2D eigenvalue weighted by molar-refractivity contribution is 5.70. The van der Waals surface area contributed by atoms with Gasteiger partial charge in [-0.2, -0.15) is 0 Å². The summed E-state index contributed by atoms with van der Waals surface area (Å²) in [5.74, 6) is -1.03. The lowest BCUT2D eigenvalue weighted by molar-refractivity contribution is -0.146. The Labute approximate surface area is 243 Å². The maximum Gasteiger partial charge on any atom is 0.307 e. The van der Waals surface area contributed by atoms with Crippen molar-refractivity contribution in [3.05, 3.63) is 101 Å². The molecular weight excluding hydrogens is 521 g/mol. The second-order valence-electron chi connectivity index (χ2n) is 9.99. The fourth-order valence-corrected chi connectivity index (χ4v) is 4.68. The third kappa shape index (κ3) is 10.3. The molecule has 0 spiro atoms. The molecule has 0 heterocycles. The predicted molar refractivity (Wildman–Crippen MR) is 158 cm³/mol. The second-order valence-corrected chi connectivity index (χ2v) is 9.99. The Balaban J connectivity index is 1.89. The van der Waals surface area contributed by atoms with E-state index in [4.69, 9.17) is 14.2 Å². The summed E-state index contributed by atoms with van der Waals surface area (Å²) in [4.78, 5) is 26.8. The van der Waals surface area contributed by atoms with Crippen molar-refractivity contribution in [2.75, 3.05) is 19.8 Å². The normalized spacial score (nSPS) is 12.5. The number of hydrogen-bond acceptors (Lipinski definition) is 6. The first kappa shape index (κ1) is 31.8. The maximum atomic E-state index is 15.4. The number of unbranched alkanes of at least 4 members (excludes halogenated alkanes) is 1. The van der Waals surface area contributed by atoms with Gasteiger partial charge in [0, 0.05) is 25.0 Å². The highest BCUT2D eigenvalue weighted by atomic mass is 19.1. The minimum Gasteiger partial charge on any atom is -0.491 e. The molecule has 0 saturated heterocycles. The van der Waals surface area contributed by atoms with Crippen LogP contribution < -0.4 is 4.74 Å². The van der Waals surface area contributed by atoms with Gasteiger partial charge in [0.2, 0.25) is 0 Å². The first-order valence-electron chi connectivity index (χ1n) is 14.5. The van der Waals surface area contributed by atoms with Crippen molar-refractivity contribution in [2.24, 2.45) is 0 Å². The van der Waals surface area contributed by atoms with Gasteiger partial charge in [-0.25, -0.2) is 4.39 Å². The molecule has 0 unspecified atom stereocenters. The van der Waals surface area contributed by atoms with Crippen molar-refractivity contribution in [3.63, 3.8) is 0 Å². The van der Waals surface area contributed by atoms with Gasteiger partial charge in [-0.1, -0.05) is 80.1 Å². The van der Waals surface area contributed by atoms with Crippen LogP contribution >= 0.6 is 0 Å². The van der Waals surface area contributed by atoms with Crippen molar-refractivity contribution >= 4 is 11.9 Å². The zero-order valence-electron chi connectivity index (χ0n) is 24.4. The van der Waals surface area contributed by atoms with Crippen LogP contribution in [0.2, 0.25) is 0 Å². The van der Waals surface area contributed by atoms with E-state index >= 15 is 4.39 Å². The van der Waals surface area contributed by atoms with Crippen LogP contribution in [0.25, 0.3) is 0 Å². The Kier molecular flexibility index (Phi) is 13.3. The molecule has 0 bridgehead atoms. The topological polar surface area (TPSA) is 65.1 Å². The third-order valence-electron chi connectivity index (χ3n) is 6.94. The second kappa shape index (κ2) is 17.2. The van der Waals surface area contributed by atoms with Gasteiger partial charge in [-0.05, 0) is 55.5 Å². The van der Waals surface area contributed by atoms with Crippen molar-refractivity contribution in [1.29, 1.82) is 0 Å². The van der Waals surface area contributed by atoms with E-state index in [0.29, 0.717) is 31.7 Å². The van der Waals surface area contributed by atoms with Crippen LogP contribution in [0.15, 0.2) is 78.9 Å². The predicted octanol–water partition coefficient (Wildman–Crippen LogP) is 7.59. The zero-order valence-corrected chi connectivity index (χ0v) is 24.4. The smallest absolute Gasteiger partial charge is 0.307 e. The van der Waals surface area contributed by atoms with Crippen molar-refractivity contribution < 1.29 is 28.2 Å². The Morgan fingerprint density at radius 3 is 2.20 bits per heavy atom. The van der Waals surface area contributed by atoms with Crippen LogP contribution in [0, 0.1) is 5.82 Å². The maximum absolute atomic E-state index is 15.4. The third-order valence-corrected chi connectivity index (χ3v) is 6.94. The Morgan fingerprint density at radius 1 is 0.829 bits per heavy atom. The number of hydrogen-bond donors (Lipinski definition) is 0. The highest BCUT2D eigenvalue weighted by Crippen LogP contribution is 2.36. The molecule has 0 aliphatic carbocycles. The molecule has 0 saturated carbocycles. The molecule has 2 atom stereocenters. The van der Waals surface area contributed by atoms with E-state index in [0.717, 1.165) is 24.0 Å². The molecule has 7 heteroatoms. The van der Waals surface area contributed by atoms with Gasteiger partial charge in [0.1, 0.15) is 0 Å². The van der Waals surface area contributed by atoms with Crippen LogP contribution in [0.3, 0.4) is 0 Å².